The van der Waals surface area contributed by atoms with Gasteiger partial charge in [0.25, 0.3) is 0 Å². The molecular formula is C17H18N2O4S2. The lowest BCUT2D eigenvalue weighted by Gasteiger charge is -2.21. The van der Waals surface area contributed by atoms with Crippen molar-refractivity contribution in [2.75, 3.05) is 30.7 Å². The van der Waals surface area contributed by atoms with Crippen LogP contribution in [0.1, 0.15) is 5.56 Å². The Balaban J connectivity index is 2.25. The number of hydroxylamine groups is 1. The first-order valence-corrected chi connectivity index (χ1v) is 10.0. The Kier molecular flexibility index (Phi) is 7.28. The summed E-state index contributed by atoms with van der Waals surface area (Å²) in [6.45, 7) is -0.0556. The van der Waals surface area contributed by atoms with Crippen molar-refractivity contribution in [3.8, 4) is 17.6 Å². The lowest BCUT2D eigenvalue weighted by Crippen LogP contribution is -2.27. The Morgan fingerprint density at radius 3 is 2.56 bits per heavy atom. The van der Waals surface area contributed by atoms with Crippen LogP contribution in [0.2, 0.25) is 0 Å². The molecule has 132 valence electrons. The van der Waals surface area contributed by atoms with E-state index in [1.807, 2.05) is 30.5 Å². The van der Waals surface area contributed by atoms with Crippen LogP contribution in [-0.4, -0.2) is 35.0 Å². The van der Waals surface area contributed by atoms with Crippen molar-refractivity contribution >= 4 is 28.5 Å². The van der Waals surface area contributed by atoms with Gasteiger partial charge in [-0.15, -0.1) is 11.8 Å². The summed E-state index contributed by atoms with van der Waals surface area (Å²) in [4.78, 5) is 1.12. The summed E-state index contributed by atoms with van der Waals surface area (Å²) in [5.74, 6) is 1.03. The van der Waals surface area contributed by atoms with E-state index < -0.39 is 11.1 Å². The normalized spacial score (nSPS) is 11.6. The predicted octanol–water partition coefficient (Wildman–Crippen LogP) is 3.10. The Bertz CT molecular complexity index is 775. The SMILES string of the molecule is CSc1ccc(Oc2ccc(N(CCO)OS(C)=O)cc2C#N)cc1. The van der Waals surface area contributed by atoms with Gasteiger partial charge in [-0.05, 0) is 48.7 Å². The van der Waals surface area contributed by atoms with Crippen LogP contribution >= 0.6 is 11.8 Å². The van der Waals surface area contributed by atoms with Crippen molar-refractivity contribution in [3.63, 3.8) is 0 Å². The van der Waals surface area contributed by atoms with Gasteiger partial charge >= 0.3 is 0 Å². The topological polar surface area (TPSA) is 82.8 Å². The minimum Gasteiger partial charge on any atom is -0.456 e. The molecule has 25 heavy (non-hydrogen) atoms. The average molecular weight is 378 g/mol. The molecule has 8 heteroatoms. The van der Waals surface area contributed by atoms with Gasteiger partial charge in [0, 0.05) is 11.2 Å². The number of hydrogen-bond acceptors (Lipinski definition) is 7. The van der Waals surface area contributed by atoms with Crippen LogP contribution in [0.3, 0.4) is 0 Å². The fraction of sp³-hybridized carbons (Fsp3) is 0.235. The van der Waals surface area contributed by atoms with E-state index in [0.717, 1.165) is 4.90 Å². The molecule has 0 bridgehead atoms. The fourth-order valence-electron chi connectivity index (χ4n) is 2.05. The fourth-order valence-corrected chi connectivity index (χ4v) is 2.87. The summed E-state index contributed by atoms with van der Waals surface area (Å²) in [7, 11) is 0. The molecule has 6 nitrogen and oxygen atoms in total. The molecule has 0 aliphatic rings. The first-order valence-electron chi connectivity index (χ1n) is 7.33. The monoisotopic (exact) mass is 378 g/mol. The van der Waals surface area contributed by atoms with Crippen LogP contribution in [0.5, 0.6) is 11.5 Å². The molecule has 0 saturated heterocycles. The average Bonchev–Trinajstić information content (AvgIpc) is 2.62. The molecule has 0 fully saturated rings. The molecule has 2 aromatic carbocycles. The largest absolute Gasteiger partial charge is 0.456 e. The highest BCUT2D eigenvalue weighted by Crippen LogP contribution is 2.30. The minimum atomic E-state index is -1.55. The third-order valence-corrected chi connectivity index (χ3v) is 4.29. The maximum Gasteiger partial charge on any atom is 0.176 e. The predicted molar refractivity (Wildman–Crippen MR) is 99.0 cm³/mol. The Morgan fingerprint density at radius 1 is 1.28 bits per heavy atom. The van der Waals surface area contributed by atoms with E-state index in [-0.39, 0.29) is 13.2 Å². The van der Waals surface area contributed by atoms with Gasteiger partial charge in [-0.3, -0.25) is 0 Å². The van der Waals surface area contributed by atoms with Gasteiger partial charge in [0.2, 0.25) is 0 Å². The van der Waals surface area contributed by atoms with Crippen LogP contribution in [-0.2, 0) is 15.4 Å². The maximum absolute atomic E-state index is 11.3. The van der Waals surface area contributed by atoms with Crippen LogP contribution < -0.4 is 9.80 Å². The summed E-state index contributed by atoms with van der Waals surface area (Å²) < 4.78 is 22.2. The number of nitrogens with zero attached hydrogens (tertiary/aromatic N) is 2. The van der Waals surface area contributed by atoms with Gasteiger partial charge in [-0.25, -0.2) is 9.27 Å². The Morgan fingerprint density at radius 2 is 2.00 bits per heavy atom. The third kappa shape index (κ3) is 5.47. The molecular weight excluding hydrogens is 360 g/mol. The highest BCUT2D eigenvalue weighted by Gasteiger charge is 2.13. The number of anilines is 1. The number of benzene rings is 2. The molecule has 0 amide bonds. The number of aliphatic hydroxyl groups is 1. The first kappa shape index (κ1) is 19.3. The number of thioether (sulfide) groups is 1. The quantitative estimate of drug-likeness (QED) is 0.558. The van der Waals surface area contributed by atoms with Crippen molar-refractivity contribution in [1.29, 1.82) is 5.26 Å². The highest BCUT2D eigenvalue weighted by molar-refractivity contribution is 7.98. The van der Waals surface area contributed by atoms with Gasteiger partial charge in [-0.1, -0.05) is 0 Å². The van der Waals surface area contributed by atoms with Gasteiger partial charge < -0.3 is 9.84 Å². The van der Waals surface area contributed by atoms with Crippen molar-refractivity contribution in [2.45, 2.75) is 4.90 Å². The zero-order valence-electron chi connectivity index (χ0n) is 13.8. The minimum absolute atomic E-state index is 0.126. The van der Waals surface area contributed by atoms with Crippen LogP contribution in [0.15, 0.2) is 47.4 Å². The van der Waals surface area contributed by atoms with Gasteiger partial charge in [0.1, 0.15) is 17.6 Å². The molecule has 1 unspecified atom stereocenters. The van der Waals surface area contributed by atoms with Gasteiger partial charge in [-0.2, -0.15) is 9.55 Å². The van der Waals surface area contributed by atoms with E-state index in [0.29, 0.717) is 22.7 Å². The van der Waals surface area contributed by atoms with Crippen LogP contribution in [0.25, 0.3) is 0 Å². The van der Waals surface area contributed by atoms with Crippen LogP contribution in [0.4, 0.5) is 5.69 Å². The molecule has 0 aromatic heterocycles. The smallest absolute Gasteiger partial charge is 0.176 e. The van der Waals surface area contributed by atoms with Crippen molar-refractivity contribution in [1.82, 2.24) is 0 Å². The number of rotatable bonds is 8. The molecule has 2 rings (SSSR count). The van der Waals surface area contributed by atoms with Gasteiger partial charge in [0.05, 0.1) is 24.4 Å². The summed E-state index contributed by atoms with van der Waals surface area (Å²) in [5, 5.41) is 19.8. The van der Waals surface area contributed by atoms with Crippen molar-refractivity contribution in [3.05, 3.63) is 48.0 Å². The molecule has 0 heterocycles. The molecule has 0 aliphatic carbocycles. The van der Waals surface area contributed by atoms with E-state index in [1.54, 1.807) is 30.0 Å². The second-order valence-corrected chi connectivity index (χ2v) is 6.70. The summed E-state index contributed by atoms with van der Waals surface area (Å²) in [5.41, 5.74) is 0.811. The van der Waals surface area contributed by atoms with E-state index in [2.05, 4.69) is 6.07 Å². The summed E-state index contributed by atoms with van der Waals surface area (Å²) in [6, 6.07) is 14.5. The standard InChI is InChI=1S/C17H18N2O4S2/c1-24-16-6-4-15(5-7-16)22-17-8-3-14(11-13(17)12-18)19(9-10-20)23-25(2)21/h3-8,11,20H,9-10H2,1-2H3. The van der Waals surface area contributed by atoms with Crippen molar-refractivity contribution < 1.29 is 18.3 Å². The second kappa shape index (κ2) is 9.44. The van der Waals surface area contributed by atoms with Gasteiger partial charge in [0.15, 0.2) is 11.1 Å². The summed E-state index contributed by atoms with van der Waals surface area (Å²) >= 11 is 0.0857. The number of aliphatic hydroxyl groups excluding tert-OH is 1. The van der Waals surface area contributed by atoms with E-state index in [9.17, 15) is 9.47 Å². The molecule has 1 N–H and O–H groups in total. The third-order valence-electron chi connectivity index (χ3n) is 3.16. The van der Waals surface area contributed by atoms with E-state index in [1.165, 1.54) is 11.3 Å². The molecule has 2 aromatic rings. The summed E-state index contributed by atoms with van der Waals surface area (Å²) in [6.07, 6.45) is 3.37. The molecule has 1 atom stereocenters. The van der Waals surface area contributed by atoms with Crippen molar-refractivity contribution in [2.24, 2.45) is 0 Å². The zero-order chi connectivity index (χ0) is 18.2. The number of ether oxygens (including phenoxy) is 1. The lowest BCUT2D eigenvalue weighted by atomic mass is 10.2. The number of hydrogen-bond donors (Lipinski definition) is 1. The maximum atomic E-state index is 11.3. The molecule has 0 saturated carbocycles. The van der Waals surface area contributed by atoms with E-state index in [4.69, 9.17) is 14.1 Å². The number of nitriles is 1. The zero-order valence-corrected chi connectivity index (χ0v) is 15.5. The molecule has 0 radical (unpaired) electrons. The molecule has 0 aliphatic heterocycles. The first-order chi connectivity index (χ1) is 12.1. The highest BCUT2D eigenvalue weighted by atomic mass is 32.2. The van der Waals surface area contributed by atoms with E-state index >= 15 is 0 Å². The van der Waals surface area contributed by atoms with Crippen LogP contribution in [0, 0.1) is 11.3 Å². The molecule has 0 spiro atoms. The lowest BCUT2D eigenvalue weighted by molar-refractivity contribution is 0.241. The Hall–Kier alpha value is -2.05. The Labute approximate surface area is 153 Å². The second-order valence-electron chi connectivity index (χ2n) is 4.87.